The van der Waals surface area contributed by atoms with Gasteiger partial charge in [-0.2, -0.15) is 0 Å². The number of methoxy groups -OCH3 is 2. The van der Waals surface area contributed by atoms with E-state index in [9.17, 15) is 14.4 Å². The molecule has 2 aromatic carbocycles. The molecule has 0 atom stereocenters. The second-order valence-corrected chi connectivity index (χ2v) is 10.7. The summed E-state index contributed by atoms with van der Waals surface area (Å²) < 4.78 is 26.7. The third kappa shape index (κ3) is 9.67. The van der Waals surface area contributed by atoms with Gasteiger partial charge in [0.1, 0.15) is 5.75 Å². The van der Waals surface area contributed by atoms with E-state index in [-0.39, 0.29) is 47.7 Å². The molecule has 8 nitrogen and oxygen atoms in total. The zero-order valence-corrected chi connectivity index (χ0v) is 24.9. The summed E-state index contributed by atoms with van der Waals surface area (Å²) in [7, 11) is 2.93. The normalized spacial score (nSPS) is 16.4. The van der Waals surface area contributed by atoms with Crippen LogP contribution in [0.5, 0.6) is 17.2 Å². The Balaban J connectivity index is 1.76. The van der Waals surface area contributed by atoms with Crippen LogP contribution < -0.4 is 14.2 Å². The standard InChI is InChI=1S/C34H42O8/c1-6-7-8-9-25-10-12-27(13-11-25)34(37)42-31-20-28(16-19-30(31)41-33(36)24(3)22-39-5)26-14-17-29(18-15-26)40-32(35)23(2)21-38-4/h14-20,25,27H,2-3,6-13,21-22H2,1,4-5H3. The van der Waals surface area contributed by atoms with E-state index in [2.05, 4.69) is 20.1 Å². The van der Waals surface area contributed by atoms with E-state index in [1.807, 2.05) is 0 Å². The van der Waals surface area contributed by atoms with Gasteiger partial charge in [0.05, 0.1) is 30.3 Å². The minimum Gasteiger partial charge on any atom is -0.423 e. The highest BCUT2D eigenvalue weighted by Crippen LogP contribution is 2.37. The number of ether oxygens (including phenoxy) is 5. The van der Waals surface area contributed by atoms with Crippen LogP contribution in [-0.4, -0.2) is 45.3 Å². The smallest absolute Gasteiger partial charge is 0.341 e. The van der Waals surface area contributed by atoms with Crippen LogP contribution in [0.15, 0.2) is 66.8 Å². The number of hydrogen-bond donors (Lipinski definition) is 0. The maximum absolute atomic E-state index is 13.2. The number of carbonyl (C=O) groups excluding carboxylic acids is 3. The van der Waals surface area contributed by atoms with Crippen molar-refractivity contribution in [3.05, 3.63) is 66.8 Å². The van der Waals surface area contributed by atoms with Crippen LogP contribution in [-0.2, 0) is 23.9 Å². The van der Waals surface area contributed by atoms with E-state index < -0.39 is 11.9 Å². The van der Waals surface area contributed by atoms with Gasteiger partial charge >= 0.3 is 17.9 Å². The molecule has 226 valence electrons. The highest BCUT2D eigenvalue weighted by Gasteiger charge is 2.28. The molecule has 0 radical (unpaired) electrons. The third-order valence-electron chi connectivity index (χ3n) is 7.37. The quantitative estimate of drug-likeness (QED) is 0.0978. The molecule has 3 rings (SSSR count). The number of unbranched alkanes of at least 4 members (excludes halogenated alkanes) is 2. The van der Waals surface area contributed by atoms with Crippen molar-refractivity contribution in [1.29, 1.82) is 0 Å². The van der Waals surface area contributed by atoms with Crippen LogP contribution >= 0.6 is 0 Å². The van der Waals surface area contributed by atoms with E-state index in [4.69, 9.17) is 23.7 Å². The Hall–Kier alpha value is -3.75. The molecule has 0 unspecified atom stereocenters. The number of esters is 3. The van der Waals surface area contributed by atoms with Crippen molar-refractivity contribution in [2.75, 3.05) is 27.4 Å². The van der Waals surface area contributed by atoms with Gasteiger partial charge in [-0.1, -0.05) is 64.0 Å². The summed E-state index contributed by atoms with van der Waals surface area (Å²) >= 11 is 0. The molecule has 42 heavy (non-hydrogen) atoms. The average molecular weight is 579 g/mol. The number of carbonyl (C=O) groups is 3. The summed E-state index contributed by atoms with van der Waals surface area (Å²) in [4.78, 5) is 37.9. The summed E-state index contributed by atoms with van der Waals surface area (Å²) in [6.07, 6.45) is 8.49. The van der Waals surface area contributed by atoms with Crippen LogP contribution in [0.3, 0.4) is 0 Å². The van der Waals surface area contributed by atoms with Gasteiger partial charge in [-0.15, -0.1) is 0 Å². The number of rotatable bonds is 15. The van der Waals surface area contributed by atoms with Gasteiger partial charge in [0.2, 0.25) is 0 Å². The molecule has 1 aliphatic carbocycles. The van der Waals surface area contributed by atoms with Crippen molar-refractivity contribution >= 4 is 17.9 Å². The molecule has 0 heterocycles. The number of hydrogen-bond acceptors (Lipinski definition) is 8. The summed E-state index contributed by atoms with van der Waals surface area (Å²) in [6, 6.07) is 11.9. The predicted octanol–water partition coefficient (Wildman–Crippen LogP) is 6.86. The molecule has 0 aromatic heterocycles. The summed E-state index contributed by atoms with van der Waals surface area (Å²) in [6.45, 7) is 9.65. The SMILES string of the molecule is C=C(COC)C(=O)Oc1ccc(-c2ccc(OC(=O)C(=C)COC)c(OC(=O)C3CCC(CCCCC)CC3)c2)cc1. The highest BCUT2D eigenvalue weighted by atomic mass is 16.6. The molecule has 0 N–H and O–H groups in total. The lowest BCUT2D eigenvalue weighted by Crippen LogP contribution is -2.26. The largest absolute Gasteiger partial charge is 0.423 e. The molecule has 2 aromatic rings. The molecule has 1 saturated carbocycles. The van der Waals surface area contributed by atoms with Crippen LogP contribution in [0.1, 0.15) is 58.3 Å². The Morgan fingerprint density at radius 1 is 0.738 bits per heavy atom. The van der Waals surface area contributed by atoms with Crippen molar-refractivity contribution in [2.24, 2.45) is 11.8 Å². The van der Waals surface area contributed by atoms with Gasteiger partial charge in [-0.05, 0) is 67.0 Å². The maximum Gasteiger partial charge on any atom is 0.341 e. The first-order chi connectivity index (χ1) is 20.2. The molecule has 0 aliphatic heterocycles. The lowest BCUT2D eigenvalue weighted by atomic mass is 9.80. The molecular formula is C34H42O8. The zero-order valence-electron chi connectivity index (χ0n) is 24.9. The van der Waals surface area contributed by atoms with E-state index in [0.29, 0.717) is 11.7 Å². The first-order valence-corrected chi connectivity index (χ1v) is 14.5. The highest BCUT2D eigenvalue weighted by molar-refractivity contribution is 5.91. The molecule has 0 amide bonds. The van der Waals surface area contributed by atoms with Crippen molar-refractivity contribution in [2.45, 2.75) is 58.3 Å². The fourth-order valence-electron chi connectivity index (χ4n) is 4.95. The van der Waals surface area contributed by atoms with E-state index >= 15 is 0 Å². The minimum atomic E-state index is -0.671. The van der Waals surface area contributed by atoms with Crippen LogP contribution in [0.2, 0.25) is 0 Å². The topological polar surface area (TPSA) is 97.4 Å². The van der Waals surface area contributed by atoms with Crippen LogP contribution in [0.25, 0.3) is 11.1 Å². The first-order valence-electron chi connectivity index (χ1n) is 14.5. The zero-order chi connectivity index (χ0) is 30.5. The Labute approximate surface area is 248 Å². The van der Waals surface area contributed by atoms with E-state index in [1.54, 1.807) is 42.5 Å². The lowest BCUT2D eigenvalue weighted by Gasteiger charge is -2.27. The fourth-order valence-corrected chi connectivity index (χ4v) is 4.95. The Morgan fingerprint density at radius 3 is 1.93 bits per heavy atom. The molecular weight excluding hydrogens is 536 g/mol. The molecule has 0 bridgehead atoms. The molecule has 8 heteroatoms. The Bertz CT molecular complexity index is 1240. The van der Waals surface area contributed by atoms with E-state index in [1.165, 1.54) is 39.9 Å². The van der Waals surface area contributed by atoms with E-state index in [0.717, 1.165) is 36.8 Å². The van der Waals surface area contributed by atoms with Crippen molar-refractivity contribution in [3.63, 3.8) is 0 Å². The first kappa shape index (κ1) is 32.8. The second kappa shape index (κ2) is 16.6. The average Bonchev–Trinajstić information content (AvgIpc) is 2.99. The van der Waals surface area contributed by atoms with Gasteiger partial charge in [0, 0.05) is 14.2 Å². The minimum absolute atomic E-state index is 0.0171. The Morgan fingerprint density at radius 2 is 1.33 bits per heavy atom. The summed E-state index contributed by atoms with van der Waals surface area (Å²) in [5.41, 5.74) is 1.83. The third-order valence-corrected chi connectivity index (χ3v) is 7.37. The van der Waals surface area contributed by atoms with Crippen LogP contribution in [0.4, 0.5) is 0 Å². The maximum atomic E-state index is 13.2. The predicted molar refractivity (Wildman–Crippen MR) is 160 cm³/mol. The second-order valence-electron chi connectivity index (χ2n) is 10.7. The lowest BCUT2D eigenvalue weighted by molar-refractivity contribution is -0.141. The van der Waals surface area contributed by atoms with Crippen molar-refractivity contribution < 1.29 is 38.1 Å². The molecule has 1 aliphatic rings. The van der Waals surface area contributed by atoms with Gasteiger partial charge in [-0.3, -0.25) is 4.79 Å². The van der Waals surface area contributed by atoms with Gasteiger partial charge in [-0.25, -0.2) is 9.59 Å². The van der Waals surface area contributed by atoms with Gasteiger partial charge < -0.3 is 23.7 Å². The molecule has 0 spiro atoms. The Kier molecular flexibility index (Phi) is 13.0. The summed E-state index contributed by atoms with van der Waals surface area (Å²) in [5.74, 6) is -0.508. The van der Waals surface area contributed by atoms with Crippen molar-refractivity contribution in [1.82, 2.24) is 0 Å². The number of benzene rings is 2. The van der Waals surface area contributed by atoms with Gasteiger partial charge in [0.25, 0.3) is 0 Å². The fraction of sp³-hybridized carbons (Fsp3) is 0.441. The summed E-state index contributed by atoms with van der Waals surface area (Å²) in [5, 5.41) is 0. The van der Waals surface area contributed by atoms with Gasteiger partial charge in [0.15, 0.2) is 11.5 Å². The van der Waals surface area contributed by atoms with Crippen LogP contribution in [0, 0.1) is 11.8 Å². The van der Waals surface area contributed by atoms with Crippen molar-refractivity contribution in [3.8, 4) is 28.4 Å². The monoisotopic (exact) mass is 578 g/mol. The molecule has 1 fully saturated rings. The molecule has 0 saturated heterocycles.